The Labute approximate surface area is 167 Å². The molecule has 2 rings (SSSR count). The Morgan fingerprint density at radius 3 is 2.21 bits per heavy atom. The molecule has 5 nitrogen and oxygen atoms in total. The number of carbonyl (C=O) groups excluding carboxylic acids is 2. The summed E-state index contributed by atoms with van der Waals surface area (Å²) in [5.74, 6) is 1.12. The third-order valence-corrected chi connectivity index (χ3v) is 4.81. The van der Waals surface area contributed by atoms with Gasteiger partial charge in [0.15, 0.2) is 5.78 Å². The van der Waals surface area contributed by atoms with Crippen molar-refractivity contribution in [2.45, 2.75) is 39.7 Å². The van der Waals surface area contributed by atoms with Crippen molar-refractivity contribution in [1.82, 2.24) is 5.32 Å². The van der Waals surface area contributed by atoms with Gasteiger partial charge in [0, 0.05) is 16.7 Å². The van der Waals surface area contributed by atoms with Crippen molar-refractivity contribution < 1.29 is 19.1 Å². The maximum atomic E-state index is 13.3. The molecule has 0 aliphatic heterocycles. The van der Waals surface area contributed by atoms with E-state index in [0.29, 0.717) is 29.0 Å². The second-order valence-corrected chi connectivity index (χ2v) is 7.57. The van der Waals surface area contributed by atoms with Crippen LogP contribution in [0.15, 0.2) is 42.5 Å². The van der Waals surface area contributed by atoms with Gasteiger partial charge in [0.05, 0.1) is 14.2 Å². The van der Waals surface area contributed by atoms with Gasteiger partial charge >= 0.3 is 0 Å². The number of Topliss-reactive ketones (excluding diaryl/α,β-unsaturated/α-hetero) is 1. The Morgan fingerprint density at radius 1 is 1.04 bits per heavy atom. The fourth-order valence-corrected chi connectivity index (χ4v) is 3.48. The zero-order valence-electron chi connectivity index (χ0n) is 17.5. The summed E-state index contributed by atoms with van der Waals surface area (Å²) in [4.78, 5) is 26.3. The summed E-state index contributed by atoms with van der Waals surface area (Å²) >= 11 is 0. The van der Waals surface area contributed by atoms with Gasteiger partial charge in [-0.2, -0.15) is 0 Å². The molecule has 28 heavy (non-hydrogen) atoms. The molecule has 0 aliphatic carbocycles. The standard InChI is InChI=1S/C23H29NO4/c1-15(2)14-23(4,21(25)17-10-12-18(27-5)13-11-17)24-22(26)19-8-7-9-20(28-6)16(19)3/h7-13,15H,14H2,1-6H3,(H,24,26). The van der Waals surface area contributed by atoms with Crippen molar-refractivity contribution in [1.29, 1.82) is 0 Å². The molecule has 0 saturated heterocycles. The molecule has 0 spiro atoms. The lowest BCUT2D eigenvalue weighted by Gasteiger charge is -2.31. The van der Waals surface area contributed by atoms with E-state index < -0.39 is 5.54 Å². The fourth-order valence-electron chi connectivity index (χ4n) is 3.48. The second-order valence-electron chi connectivity index (χ2n) is 7.57. The number of hydrogen-bond acceptors (Lipinski definition) is 4. The molecule has 150 valence electrons. The minimum absolute atomic E-state index is 0.127. The molecule has 0 bridgehead atoms. The monoisotopic (exact) mass is 383 g/mol. The maximum absolute atomic E-state index is 13.3. The maximum Gasteiger partial charge on any atom is 0.252 e. The number of ketones is 1. The SMILES string of the molecule is COc1ccc(C(=O)C(C)(CC(C)C)NC(=O)c2cccc(OC)c2C)cc1. The average Bonchev–Trinajstić information content (AvgIpc) is 2.66. The Hall–Kier alpha value is -2.82. The zero-order chi connectivity index (χ0) is 20.9. The molecule has 0 heterocycles. The molecule has 1 unspecified atom stereocenters. The number of amides is 1. The van der Waals surface area contributed by atoms with E-state index in [-0.39, 0.29) is 17.6 Å². The Balaban J connectivity index is 2.36. The highest BCUT2D eigenvalue weighted by Crippen LogP contribution is 2.26. The molecule has 1 N–H and O–H groups in total. The molecule has 0 radical (unpaired) electrons. The van der Waals surface area contributed by atoms with E-state index in [0.717, 1.165) is 5.56 Å². The van der Waals surface area contributed by atoms with Gasteiger partial charge in [0.25, 0.3) is 5.91 Å². The number of methoxy groups -OCH3 is 2. The van der Waals surface area contributed by atoms with Crippen LogP contribution in [0.2, 0.25) is 0 Å². The van der Waals surface area contributed by atoms with Crippen LogP contribution in [0.1, 0.15) is 53.5 Å². The first-order chi connectivity index (χ1) is 13.2. The number of benzene rings is 2. The first-order valence-corrected chi connectivity index (χ1v) is 9.36. The predicted octanol–water partition coefficient (Wildman–Crippen LogP) is 4.43. The molecule has 0 saturated carbocycles. The van der Waals surface area contributed by atoms with Crippen molar-refractivity contribution in [2.75, 3.05) is 14.2 Å². The Kier molecular flexibility index (Phi) is 6.84. The third kappa shape index (κ3) is 4.71. The lowest BCUT2D eigenvalue weighted by molar-refractivity contribution is 0.0758. The number of hydrogen-bond donors (Lipinski definition) is 1. The van der Waals surface area contributed by atoms with E-state index >= 15 is 0 Å². The van der Waals surface area contributed by atoms with Crippen LogP contribution in [0.5, 0.6) is 11.5 Å². The van der Waals surface area contributed by atoms with Gasteiger partial charge in [-0.3, -0.25) is 9.59 Å². The summed E-state index contributed by atoms with van der Waals surface area (Å²) in [6.07, 6.45) is 0.520. The zero-order valence-corrected chi connectivity index (χ0v) is 17.5. The van der Waals surface area contributed by atoms with E-state index in [1.54, 1.807) is 57.5 Å². The van der Waals surface area contributed by atoms with E-state index in [2.05, 4.69) is 5.32 Å². The smallest absolute Gasteiger partial charge is 0.252 e. The largest absolute Gasteiger partial charge is 0.497 e. The van der Waals surface area contributed by atoms with Crippen LogP contribution < -0.4 is 14.8 Å². The van der Waals surface area contributed by atoms with E-state index in [9.17, 15) is 9.59 Å². The van der Waals surface area contributed by atoms with Crippen LogP contribution in [0.3, 0.4) is 0 Å². The highest BCUT2D eigenvalue weighted by atomic mass is 16.5. The third-order valence-electron chi connectivity index (χ3n) is 4.81. The minimum Gasteiger partial charge on any atom is -0.497 e. The summed E-state index contributed by atoms with van der Waals surface area (Å²) in [7, 11) is 3.15. The molecule has 0 fully saturated rings. The molecule has 1 amide bonds. The van der Waals surface area contributed by atoms with Gasteiger partial charge in [0.2, 0.25) is 0 Å². The van der Waals surface area contributed by atoms with Gasteiger partial charge in [0.1, 0.15) is 17.0 Å². The van der Waals surface area contributed by atoms with Gasteiger partial charge in [-0.05, 0) is 62.6 Å². The number of carbonyl (C=O) groups is 2. The van der Waals surface area contributed by atoms with Gasteiger partial charge in [-0.25, -0.2) is 0 Å². The van der Waals surface area contributed by atoms with Crippen molar-refractivity contribution in [3.63, 3.8) is 0 Å². The molecule has 0 aliphatic rings. The average molecular weight is 383 g/mol. The first kappa shape index (κ1) is 21.5. The van der Waals surface area contributed by atoms with Crippen LogP contribution in [-0.2, 0) is 0 Å². The fraction of sp³-hybridized carbons (Fsp3) is 0.391. The van der Waals surface area contributed by atoms with Crippen LogP contribution >= 0.6 is 0 Å². The predicted molar refractivity (Wildman–Crippen MR) is 110 cm³/mol. The van der Waals surface area contributed by atoms with Crippen molar-refractivity contribution >= 4 is 11.7 Å². The lowest BCUT2D eigenvalue weighted by atomic mass is 9.83. The summed E-state index contributed by atoms with van der Waals surface area (Å²) < 4.78 is 10.5. The van der Waals surface area contributed by atoms with Crippen LogP contribution in [0.25, 0.3) is 0 Å². The Morgan fingerprint density at radius 2 is 1.68 bits per heavy atom. The van der Waals surface area contributed by atoms with E-state index in [1.165, 1.54) is 0 Å². The molecule has 5 heteroatoms. The molecular formula is C23H29NO4. The second kappa shape index (κ2) is 8.91. The van der Waals surface area contributed by atoms with Crippen molar-refractivity contribution in [3.8, 4) is 11.5 Å². The minimum atomic E-state index is -1.03. The molecule has 1 atom stereocenters. The van der Waals surface area contributed by atoms with Crippen LogP contribution in [0.4, 0.5) is 0 Å². The summed E-state index contributed by atoms with van der Waals surface area (Å²) in [5, 5.41) is 2.98. The van der Waals surface area contributed by atoms with Crippen molar-refractivity contribution in [3.05, 3.63) is 59.2 Å². The molecule has 2 aromatic rings. The molecule has 2 aromatic carbocycles. The number of nitrogens with one attached hydrogen (secondary N) is 1. The first-order valence-electron chi connectivity index (χ1n) is 9.36. The van der Waals surface area contributed by atoms with Crippen LogP contribution in [-0.4, -0.2) is 31.4 Å². The van der Waals surface area contributed by atoms with E-state index in [1.807, 2.05) is 26.8 Å². The quantitative estimate of drug-likeness (QED) is 0.685. The van der Waals surface area contributed by atoms with E-state index in [4.69, 9.17) is 9.47 Å². The lowest BCUT2D eigenvalue weighted by Crippen LogP contribution is -2.53. The van der Waals surface area contributed by atoms with Crippen LogP contribution in [0, 0.1) is 12.8 Å². The van der Waals surface area contributed by atoms with Gasteiger partial charge < -0.3 is 14.8 Å². The summed E-state index contributed by atoms with van der Waals surface area (Å²) in [6.45, 7) is 7.68. The molecular weight excluding hydrogens is 354 g/mol. The summed E-state index contributed by atoms with van der Waals surface area (Å²) in [6, 6.07) is 12.3. The van der Waals surface area contributed by atoms with Gasteiger partial charge in [-0.15, -0.1) is 0 Å². The highest BCUT2D eigenvalue weighted by Gasteiger charge is 2.36. The topological polar surface area (TPSA) is 64.6 Å². The Bertz CT molecular complexity index is 842. The van der Waals surface area contributed by atoms with Crippen molar-refractivity contribution in [2.24, 2.45) is 5.92 Å². The number of ether oxygens (including phenoxy) is 2. The van der Waals surface area contributed by atoms with Gasteiger partial charge in [-0.1, -0.05) is 19.9 Å². The summed E-state index contributed by atoms with van der Waals surface area (Å²) in [5.41, 5.74) is 0.741. The normalized spacial score (nSPS) is 13.0. The highest BCUT2D eigenvalue weighted by molar-refractivity contribution is 6.07. The molecule has 0 aromatic heterocycles. The number of rotatable bonds is 8.